The van der Waals surface area contributed by atoms with Crippen molar-refractivity contribution in [1.29, 1.82) is 0 Å². The van der Waals surface area contributed by atoms with Gasteiger partial charge in [-0.1, -0.05) is 121 Å². The quantitative estimate of drug-likeness (QED) is 0.113. The molecule has 0 radical (unpaired) electrons. The van der Waals surface area contributed by atoms with Crippen LogP contribution in [0.15, 0.2) is 170 Å². The summed E-state index contributed by atoms with van der Waals surface area (Å²) in [5, 5.41) is 0. The first kappa shape index (κ1) is 31.7. The molecule has 4 N–H and O–H groups in total. The molecule has 6 heteroatoms. The van der Waals surface area contributed by atoms with E-state index < -0.39 is 0 Å². The largest absolute Gasteiger partial charge is 0.455 e. The minimum atomic E-state index is -0.231. The number of hydrogen-bond acceptors (Lipinski definition) is 6. The molecule has 242 valence electrons. The summed E-state index contributed by atoms with van der Waals surface area (Å²) >= 11 is 0. The molecule has 0 fully saturated rings. The first-order valence-electron chi connectivity index (χ1n) is 16.1. The number of anilines is 2. The van der Waals surface area contributed by atoms with Gasteiger partial charge in [-0.3, -0.25) is 9.59 Å². The molecule has 0 unspecified atom stereocenters. The van der Waals surface area contributed by atoms with Gasteiger partial charge in [-0.05, 0) is 59.7 Å². The van der Waals surface area contributed by atoms with E-state index >= 15 is 0 Å². The molecule has 0 heterocycles. The van der Waals surface area contributed by atoms with Crippen molar-refractivity contribution in [2.75, 3.05) is 11.5 Å². The third-order valence-electron chi connectivity index (χ3n) is 8.34. The number of carbonyl (C=O) groups is 2. The minimum Gasteiger partial charge on any atom is -0.455 e. The molecular weight excluding hydrogens is 620 g/mol. The Labute approximate surface area is 290 Å². The zero-order chi connectivity index (χ0) is 34.5. The van der Waals surface area contributed by atoms with Gasteiger partial charge in [0, 0.05) is 33.4 Å². The van der Waals surface area contributed by atoms with Gasteiger partial charge in [-0.25, -0.2) is 0 Å². The van der Waals surface area contributed by atoms with Crippen LogP contribution >= 0.6 is 0 Å². The monoisotopic (exact) mass is 652 g/mol. The average Bonchev–Trinajstić information content (AvgIpc) is 3.17. The van der Waals surface area contributed by atoms with Crippen LogP contribution in [0.5, 0.6) is 23.0 Å². The number of ketones is 2. The van der Waals surface area contributed by atoms with E-state index in [9.17, 15) is 9.59 Å². The first-order valence-corrected chi connectivity index (χ1v) is 16.1. The maximum Gasteiger partial charge on any atom is 0.193 e. The van der Waals surface area contributed by atoms with E-state index in [-0.39, 0.29) is 11.6 Å². The van der Waals surface area contributed by atoms with Crippen LogP contribution in [0.4, 0.5) is 11.4 Å². The van der Waals surface area contributed by atoms with Crippen LogP contribution in [-0.2, 0) is 0 Å². The van der Waals surface area contributed by atoms with Crippen molar-refractivity contribution < 1.29 is 19.1 Å². The highest BCUT2D eigenvalue weighted by Gasteiger charge is 2.17. The summed E-state index contributed by atoms with van der Waals surface area (Å²) in [6, 6.07) is 51.6. The molecule has 0 saturated carbocycles. The van der Waals surface area contributed by atoms with Crippen LogP contribution in [0.1, 0.15) is 31.8 Å². The number of hydrogen-bond donors (Lipinski definition) is 2. The van der Waals surface area contributed by atoms with Crippen molar-refractivity contribution in [2.45, 2.75) is 0 Å². The highest BCUT2D eigenvalue weighted by molar-refractivity contribution is 6.12. The first-order chi connectivity index (χ1) is 24.4. The van der Waals surface area contributed by atoms with E-state index in [0.29, 0.717) is 56.6 Å². The summed E-state index contributed by atoms with van der Waals surface area (Å²) in [6.07, 6.45) is 0. The van der Waals surface area contributed by atoms with Gasteiger partial charge >= 0.3 is 0 Å². The van der Waals surface area contributed by atoms with E-state index in [0.717, 1.165) is 22.3 Å². The van der Waals surface area contributed by atoms with E-state index in [4.69, 9.17) is 20.9 Å². The van der Waals surface area contributed by atoms with Crippen molar-refractivity contribution in [3.63, 3.8) is 0 Å². The van der Waals surface area contributed by atoms with Gasteiger partial charge in [0.25, 0.3) is 0 Å². The zero-order valence-corrected chi connectivity index (χ0v) is 27.0. The zero-order valence-electron chi connectivity index (χ0n) is 27.0. The summed E-state index contributed by atoms with van der Waals surface area (Å²) in [6.45, 7) is 0. The van der Waals surface area contributed by atoms with Crippen LogP contribution < -0.4 is 20.9 Å². The number of carbonyl (C=O) groups excluding carboxylic acids is 2. The molecule has 0 atom stereocenters. The molecule has 7 rings (SSSR count). The molecule has 0 saturated heterocycles. The van der Waals surface area contributed by atoms with Crippen LogP contribution in [0.2, 0.25) is 0 Å². The average molecular weight is 653 g/mol. The minimum absolute atomic E-state index is 0.231. The van der Waals surface area contributed by atoms with Gasteiger partial charge in [0.15, 0.2) is 23.1 Å². The fourth-order valence-electron chi connectivity index (χ4n) is 5.69. The Kier molecular flexibility index (Phi) is 8.90. The third-order valence-corrected chi connectivity index (χ3v) is 8.34. The molecule has 0 aromatic heterocycles. The fraction of sp³-hybridized carbons (Fsp3) is 0. The Morgan fingerprint density at radius 2 is 0.700 bits per heavy atom. The Hall–Kier alpha value is -6.92. The van der Waals surface area contributed by atoms with Crippen molar-refractivity contribution >= 4 is 22.9 Å². The SMILES string of the molecule is Nc1ccc(C(=O)c2ccc(C(=O)c3ccc(N)c(Oc4ccccc4-c4ccccc4)c3)cc2)cc1Oc1ccccc1-c1ccccc1. The van der Waals surface area contributed by atoms with Crippen molar-refractivity contribution in [3.8, 4) is 45.3 Å². The number of nitrogens with two attached hydrogens (primary N) is 2. The lowest BCUT2D eigenvalue weighted by atomic mass is 9.98. The maximum atomic E-state index is 13.6. The number of ether oxygens (including phenoxy) is 2. The van der Waals surface area contributed by atoms with E-state index in [1.165, 1.54) is 0 Å². The van der Waals surface area contributed by atoms with E-state index in [2.05, 4.69) is 0 Å². The molecule has 6 nitrogen and oxygen atoms in total. The lowest BCUT2D eigenvalue weighted by Crippen LogP contribution is -2.06. The summed E-state index contributed by atoms with van der Waals surface area (Å²) in [5.41, 5.74) is 18.8. The fourth-order valence-corrected chi connectivity index (χ4v) is 5.69. The lowest BCUT2D eigenvalue weighted by molar-refractivity contribution is 0.102. The molecule has 0 amide bonds. The summed E-state index contributed by atoms with van der Waals surface area (Å²) in [7, 11) is 0. The topological polar surface area (TPSA) is 105 Å². The third kappa shape index (κ3) is 6.72. The second-order valence-corrected chi connectivity index (χ2v) is 11.7. The predicted molar refractivity (Wildman–Crippen MR) is 199 cm³/mol. The molecule has 7 aromatic rings. The molecule has 0 spiro atoms. The Bertz CT molecular complexity index is 2150. The van der Waals surface area contributed by atoms with Gasteiger partial charge in [0.1, 0.15) is 11.5 Å². The predicted octanol–water partition coefficient (Wildman–Crippen LogP) is 10.2. The molecule has 7 aromatic carbocycles. The molecule has 0 bridgehead atoms. The Balaban J connectivity index is 1.09. The van der Waals surface area contributed by atoms with Crippen LogP contribution in [0.3, 0.4) is 0 Å². The molecule has 0 aliphatic rings. The van der Waals surface area contributed by atoms with Gasteiger partial charge in [0.2, 0.25) is 0 Å². The number of nitrogen functional groups attached to an aromatic ring is 2. The molecular formula is C44H32N2O4. The second kappa shape index (κ2) is 14.1. The Morgan fingerprint density at radius 3 is 1.10 bits per heavy atom. The maximum absolute atomic E-state index is 13.6. The summed E-state index contributed by atoms with van der Waals surface area (Å²) < 4.78 is 12.5. The van der Waals surface area contributed by atoms with Gasteiger partial charge in [-0.15, -0.1) is 0 Å². The standard InChI is InChI=1S/C44H32N2O4/c45-37-25-23-33(27-41(37)49-39-17-9-7-15-35(39)29-11-3-1-4-12-29)43(47)31-19-21-32(22-20-31)44(48)34-24-26-38(46)42(28-34)50-40-18-10-8-16-36(40)30-13-5-2-6-14-30/h1-28H,45-46H2. The highest BCUT2D eigenvalue weighted by atomic mass is 16.5. The summed E-state index contributed by atoms with van der Waals surface area (Å²) in [4.78, 5) is 27.2. The lowest BCUT2D eigenvalue weighted by Gasteiger charge is -2.14. The van der Waals surface area contributed by atoms with Crippen LogP contribution in [0, 0.1) is 0 Å². The van der Waals surface area contributed by atoms with Crippen LogP contribution in [0.25, 0.3) is 22.3 Å². The Morgan fingerprint density at radius 1 is 0.360 bits per heavy atom. The van der Waals surface area contributed by atoms with Crippen molar-refractivity contribution in [1.82, 2.24) is 0 Å². The normalized spacial score (nSPS) is 10.7. The second-order valence-electron chi connectivity index (χ2n) is 11.7. The molecule has 50 heavy (non-hydrogen) atoms. The van der Waals surface area contributed by atoms with E-state index in [1.807, 2.05) is 109 Å². The van der Waals surface area contributed by atoms with E-state index in [1.54, 1.807) is 60.7 Å². The van der Waals surface area contributed by atoms with Gasteiger partial charge < -0.3 is 20.9 Å². The highest BCUT2D eigenvalue weighted by Crippen LogP contribution is 2.37. The van der Waals surface area contributed by atoms with Crippen molar-refractivity contribution in [2.24, 2.45) is 0 Å². The van der Waals surface area contributed by atoms with Gasteiger partial charge in [-0.2, -0.15) is 0 Å². The van der Waals surface area contributed by atoms with Gasteiger partial charge in [0.05, 0.1) is 11.4 Å². The number of para-hydroxylation sites is 2. The number of rotatable bonds is 10. The number of benzene rings is 7. The molecule has 0 aliphatic heterocycles. The van der Waals surface area contributed by atoms with Crippen LogP contribution in [-0.4, -0.2) is 11.6 Å². The molecule has 0 aliphatic carbocycles. The smallest absolute Gasteiger partial charge is 0.193 e. The summed E-state index contributed by atoms with van der Waals surface area (Å²) in [5.74, 6) is 1.53. The van der Waals surface area contributed by atoms with Crippen molar-refractivity contribution in [3.05, 3.63) is 192 Å².